The van der Waals surface area contributed by atoms with E-state index in [-0.39, 0.29) is 23.8 Å². The maximum atomic E-state index is 13.4. The van der Waals surface area contributed by atoms with Crippen LogP contribution in [0.5, 0.6) is 17.4 Å². The molecule has 0 fully saturated rings. The summed E-state index contributed by atoms with van der Waals surface area (Å²) in [5.74, 6) is 0.563. The molecule has 0 bridgehead atoms. The van der Waals surface area contributed by atoms with Crippen LogP contribution in [-0.4, -0.2) is 32.2 Å². The number of hydrogen-bond donors (Lipinski definition) is 1. The number of carbonyl (C=O) groups excluding carboxylic acids is 1. The Morgan fingerprint density at radius 1 is 1.06 bits per heavy atom. The van der Waals surface area contributed by atoms with E-state index in [4.69, 9.17) is 9.47 Å². The van der Waals surface area contributed by atoms with Gasteiger partial charge in [0.2, 0.25) is 11.8 Å². The van der Waals surface area contributed by atoms with Crippen molar-refractivity contribution in [1.82, 2.24) is 10.3 Å². The number of halogens is 1. The lowest BCUT2D eigenvalue weighted by Crippen LogP contribution is -2.23. The van der Waals surface area contributed by atoms with Crippen LogP contribution in [0.2, 0.25) is 0 Å². The second-order valence-electron chi connectivity index (χ2n) is 7.00. The Kier molecular flexibility index (Phi) is 7.77. The number of amides is 1. The molecule has 0 saturated heterocycles. The van der Waals surface area contributed by atoms with Crippen LogP contribution in [0.15, 0.2) is 71.8 Å². The summed E-state index contributed by atoms with van der Waals surface area (Å²) in [6.07, 6.45) is 3.43. The summed E-state index contributed by atoms with van der Waals surface area (Å²) in [5.41, 5.74) is 0.660. The predicted octanol–water partition coefficient (Wildman–Crippen LogP) is 3.89. The normalized spacial score (nSPS) is 11.1. The Labute approximate surface area is 186 Å². The summed E-state index contributed by atoms with van der Waals surface area (Å²) < 4.78 is 47.5. The lowest BCUT2D eigenvalue weighted by Gasteiger charge is -2.11. The van der Waals surface area contributed by atoms with Crippen LogP contribution in [0.1, 0.15) is 18.4 Å². The van der Waals surface area contributed by atoms with Crippen LogP contribution in [0.3, 0.4) is 0 Å². The average Bonchev–Trinajstić information content (AvgIpc) is 2.76. The highest BCUT2D eigenvalue weighted by Crippen LogP contribution is 2.23. The van der Waals surface area contributed by atoms with Crippen molar-refractivity contribution >= 4 is 15.7 Å². The Morgan fingerprint density at radius 2 is 1.84 bits per heavy atom. The van der Waals surface area contributed by atoms with Crippen LogP contribution in [0, 0.1) is 5.82 Å². The van der Waals surface area contributed by atoms with Gasteiger partial charge >= 0.3 is 0 Å². The SMILES string of the molecule is CS(=O)(=O)c1ccc(OCCCC(=O)NCc2cccnc2Oc2cccc(F)c2)cc1. The van der Waals surface area contributed by atoms with Crippen molar-refractivity contribution in [2.45, 2.75) is 24.3 Å². The highest BCUT2D eigenvalue weighted by atomic mass is 32.2. The number of carbonyl (C=O) groups is 1. The van der Waals surface area contributed by atoms with Gasteiger partial charge in [0.15, 0.2) is 9.84 Å². The minimum absolute atomic E-state index is 0.165. The molecule has 0 unspecified atom stereocenters. The van der Waals surface area contributed by atoms with Crippen molar-refractivity contribution < 1.29 is 27.1 Å². The molecular formula is C23H23FN2O5S. The van der Waals surface area contributed by atoms with E-state index in [9.17, 15) is 17.6 Å². The minimum Gasteiger partial charge on any atom is -0.494 e. The van der Waals surface area contributed by atoms with E-state index in [1.807, 2.05) is 0 Å². The third kappa shape index (κ3) is 7.05. The lowest BCUT2D eigenvalue weighted by atomic mass is 10.2. The first-order valence-corrected chi connectivity index (χ1v) is 11.8. The van der Waals surface area contributed by atoms with E-state index in [1.54, 1.807) is 36.5 Å². The van der Waals surface area contributed by atoms with Crippen molar-refractivity contribution in [3.8, 4) is 17.4 Å². The highest BCUT2D eigenvalue weighted by Gasteiger charge is 2.10. The molecule has 168 valence electrons. The molecule has 1 aromatic heterocycles. The molecule has 2 aromatic carbocycles. The van der Waals surface area contributed by atoms with Crippen LogP contribution < -0.4 is 14.8 Å². The van der Waals surface area contributed by atoms with Crippen molar-refractivity contribution in [3.05, 3.63) is 78.2 Å². The van der Waals surface area contributed by atoms with Crippen molar-refractivity contribution in [1.29, 1.82) is 0 Å². The van der Waals surface area contributed by atoms with Gasteiger partial charge in [-0.3, -0.25) is 4.79 Å². The quantitative estimate of drug-likeness (QED) is 0.463. The monoisotopic (exact) mass is 458 g/mol. The topological polar surface area (TPSA) is 94.6 Å². The Morgan fingerprint density at radius 3 is 2.56 bits per heavy atom. The molecule has 1 N–H and O–H groups in total. The van der Waals surface area contributed by atoms with Crippen LogP contribution in [-0.2, 0) is 21.2 Å². The molecule has 9 heteroatoms. The number of benzene rings is 2. The van der Waals surface area contributed by atoms with Gasteiger partial charge in [0.05, 0.1) is 11.5 Å². The second kappa shape index (κ2) is 10.7. The summed E-state index contributed by atoms with van der Waals surface area (Å²) in [7, 11) is -3.25. The molecular weight excluding hydrogens is 435 g/mol. The zero-order chi connectivity index (χ0) is 23.0. The molecule has 32 heavy (non-hydrogen) atoms. The smallest absolute Gasteiger partial charge is 0.224 e. The minimum atomic E-state index is -3.25. The van der Waals surface area contributed by atoms with Crippen LogP contribution >= 0.6 is 0 Å². The summed E-state index contributed by atoms with van der Waals surface area (Å²) in [6, 6.07) is 15.4. The first-order chi connectivity index (χ1) is 15.3. The number of sulfone groups is 1. The van der Waals surface area contributed by atoms with Gasteiger partial charge in [0.1, 0.15) is 17.3 Å². The predicted molar refractivity (Wildman–Crippen MR) is 117 cm³/mol. The summed E-state index contributed by atoms with van der Waals surface area (Å²) >= 11 is 0. The molecule has 0 aliphatic heterocycles. The summed E-state index contributed by atoms with van der Waals surface area (Å²) in [6.45, 7) is 0.525. The van der Waals surface area contributed by atoms with Gasteiger partial charge in [-0.15, -0.1) is 0 Å². The molecule has 3 rings (SSSR count). The van der Waals surface area contributed by atoms with Gasteiger partial charge in [-0.2, -0.15) is 0 Å². The van der Waals surface area contributed by atoms with E-state index >= 15 is 0 Å². The first kappa shape index (κ1) is 23.2. The summed E-state index contributed by atoms with van der Waals surface area (Å²) in [4.78, 5) is 16.5. The molecule has 0 atom stereocenters. The third-order valence-electron chi connectivity index (χ3n) is 4.41. The first-order valence-electron chi connectivity index (χ1n) is 9.88. The van der Waals surface area contributed by atoms with Gasteiger partial charge in [-0.05, 0) is 48.9 Å². The van der Waals surface area contributed by atoms with Crippen molar-refractivity contribution in [2.75, 3.05) is 12.9 Å². The number of nitrogens with zero attached hydrogens (tertiary/aromatic N) is 1. The molecule has 7 nitrogen and oxygen atoms in total. The van der Waals surface area contributed by atoms with Gasteiger partial charge in [-0.25, -0.2) is 17.8 Å². The average molecular weight is 459 g/mol. The molecule has 0 saturated carbocycles. The fourth-order valence-electron chi connectivity index (χ4n) is 2.78. The molecule has 0 aliphatic rings. The van der Waals surface area contributed by atoms with E-state index in [2.05, 4.69) is 10.3 Å². The Bertz CT molecular complexity index is 1170. The Hall–Kier alpha value is -3.46. The maximum absolute atomic E-state index is 13.4. The van der Waals surface area contributed by atoms with E-state index in [1.165, 1.54) is 30.3 Å². The van der Waals surface area contributed by atoms with E-state index in [0.29, 0.717) is 36.0 Å². The molecule has 0 spiro atoms. The van der Waals surface area contributed by atoms with Gasteiger partial charge < -0.3 is 14.8 Å². The highest BCUT2D eigenvalue weighted by molar-refractivity contribution is 7.90. The number of aromatic nitrogens is 1. The number of nitrogens with one attached hydrogen (secondary N) is 1. The molecule has 0 aliphatic carbocycles. The van der Waals surface area contributed by atoms with Crippen LogP contribution in [0.4, 0.5) is 4.39 Å². The Balaban J connectivity index is 1.43. The number of hydrogen-bond acceptors (Lipinski definition) is 6. The van der Waals surface area contributed by atoms with Crippen molar-refractivity contribution in [3.63, 3.8) is 0 Å². The van der Waals surface area contributed by atoms with Gasteiger partial charge in [-0.1, -0.05) is 12.1 Å². The standard InChI is InChI=1S/C23H23FN2O5S/c1-32(28,29)21-11-9-19(10-12-21)30-14-4-8-22(27)26-16-17-5-3-13-25-23(17)31-20-7-2-6-18(24)15-20/h2-3,5-7,9-13,15H,4,8,14,16H2,1H3,(H,26,27). The number of rotatable bonds is 10. The number of ether oxygens (including phenoxy) is 2. The zero-order valence-corrected chi connectivity index (χ0v) is 18.3. The zero-order valence-electron chi connectivity index (χ0n) is 17.5. The van der Waals surface area contributed by atoms with Gasteiger partial charge in [0, 0.05) is 37.0 Å². The molecule has 3 aromatic rings. The van der Waals surface area contributed by atoms with E-state index in [0.717, 1.165) is 6.26 Å². The second-order valence-corrected chi connectivity index (χ2v) is 9.02. The molecule has 0 radical (unpaired) electrons. The van der Waals surface area contributed by atoms with E-state index < -0.39 is 15.7 Å². The lowest BCUT2D eigenvalue weighted by molar-refractivity contribution is -0.121. The maximum Gasteiger partial charge on any atom is 0.224 e. The molecule has 1 heterocycles. The fraction of sp³-hybridized carbons (Fsp3) is 0.217. The van der Waals surface area contributed by atoms with Crippen molar-refractivity contribution in [2.24, 2.45) is 0 Å². The largest absolute Gasteiger partial charge is 0.494 e. The number of pyridine rings is 1. The summed E-state index contributed by atoms with van der Waals surface area (Å²) in [5, 5.41) is 2.80. The van der Waals surface area contributed by atoms with Gasteiger partial charge in [0.25, 0.3) is 0 Å². The third-order valence-corrected chi connectivity index (χ3v) is 5.53. The molecule has 1 amide bonds. The van der Waals surface area contributed by atoms with Crippen LogP contribution in [0.25, 0.3) is 0 Å². The fourth-order valence-corrected chi connectivity index (χ4v) is 3.41.